The second-order valence-corrected chi connectivity index (χ2v) is 4.65. The van der Waals surface area contributed by atoms with E-state index in [0.29, 0.717) is 0 Å². The van der Waals surface area contributed by atoms with E-state index in [-0.39, 0.29) is 0 Å². The Balaban J connectivity index is 2.13. The van der Waals surface area contributed by atoms with Crippen LogP contribution in [-0.2, 0) is 6.42 Å². The van der Waals surface area contributed by atoms with Crippen LogP contribution in [0.3, 0.4) is 0 Å². The van der Waals surface area contributed by atoms with Crippen LogP contribution in [0.1, 0.15) is 24.5 Å². The molecule has 0 unspecified atom stereocenters. The summed E-state index contributed by atoms with van der Waals surface area (Å²) in [6.45, 7) is 4.26. The first-order chi connectivity index (χ1) is 8.69. The van der Waals surface area contributed by atoms with Crippen molar-refractivity contribution in [3.05, 3.63) is 53.6 Å². The van der Waals surface area contributed by atoms with E-state index in [0.717, 1.165) is 29.0 Å². The van der Waals surface area contributed by atoms with Gasteiger partial charge in [0.1, 0.15) is 0 Å². The van der Waals surface area contributed by atoms with Crippen molar-refractivity contribution in [1.82, 2.24) is 0 Å². The number of anilines is 3. The summed E-state index contributed by atoms with van der Waals surface area (Å²) >= 11 is 0. The molecule has 0 heterocycles. The Bertz CT molecular complexity index is 515. The molecule has 2 aromatic rings. The molecule has 0 bridgehead atoms. The minimum absolute atomic E-state index is 0.802. The summed E-state index contributed by atoms with van der Waals surface area (Å²) in [4.78, 5) is 0. The highest BCUT2D eigenvalue weighted by Gasteiger charge is 1.99. The zero-order valence-corrected chi connectivity index (χ0v) is 11.0. The number of nitrogens with two attached hydrogens (primary N) is 1. The molecule has 2 heteroatoms. The van der Waals surface area contributed by atoms with Crippen LogP contribution in [0.25, 0.3) is 0 Å². The first kappa shape index (κ1) is 12.5. The lowest BCUT2D eigenvalue weighted by atomic mass is 10.1. The van der Waals surface area contributed by atoms with Gasteiger partial charge in [-0.15, -0.1) is 0 Å². The molecule has 2 nitrogen and oxygen atoms in total. The third-order valence-electron chi connectivity index (χ3n) is 3.02. The monoisotopic (exact) mass is 240 g/mol. The maximum atomic E-state index is 5.75. The Labute approximate surface area is 109 Å². The summed E-state index contributed by atoms with van der Waals surface area (Å²) in [5.74, 6) is 0. The molecule has 0 aliphatic carbocycles. The van der Waals surface area contributed by atoms with Crippen molar-refractivity contribution in [2.45, 2.75) is 26.7 Å². The molecule has 0 atom stereocenters. The van der Waals surface area contributed by atoms with Crippen LogP contribution in [0, 0.1) is 6.92 Å². The number of nitrogens with one attached hydrogen (secondary N) is 1. The van der Waals surface area contributed by atoms with Gasteiger partial charge >= 0.3 is 0 Å². The number of nitrogen functional groups attached to an aromatic ring is 1. The van der Waals surface area contributed by atoms with E-state index in [1.54, 1.807) is 0 Å². The van der Waals surface area contributed by atoms with E-state index < -0.39 is 0 Å². The fourth-order valence-electron chi connectivity index (χ4n) is 2.03. The van der Waals surface area contributed by atoms with Crippen LogP contribution in [0.4, 0.5) is 17.1 Å². The second kappa shape index (κ2) is 5.58. The van der Waals surface area contributed by atoms with Gasteiger partial charge in [0.15, 0.2) is 0 Å². The van der Waals surface area contributed by atoms with E-state index in [1.165, 1.54) is 12.0 Å². The Morgan fingerprint density at radius 2 is 1.78 bits per heavy atom. The van der Waals surface area contributed by atoms with Gasteiger partial charge in [0.2, 0.25) is 0 Å². The largest absolute Gasteiger partial charge is 0.399 e. The van der Waals surface area contributed by atoms with Crippen molar-refractivity contribution in [3.8, 4) is 0 Å². The number of aryl methyl sites for hydroxylation is 2. The summed E-state index contributed by atoms with van der Waals surface area (Å²) in [6, 6.07) is 14.5. The average molecular weight is 240 g/mol. The Kier molecular flexibility index (Phi) is 3.88. The Morgan fingerprint density at radius 1 is 1.06 bits per heavy atom. The van der Waals surface area contributed by atoms with E-state index in [1.807, 2.05) is 18.2 Å². The highest BCUT2D eigenvalue weighted by molar-refractivity contribution is 5.65. The standard InChI is InChI=1S/C16H20N2/c1-3-4-13-5-8-15(9-6-13)18-16-10-7-14(17)11-12(16)2/h5-11,18H,3-4,17H2,1-2H3. The van der Waals surface area contributed by atoms with Crippen molar-refractivity contribution in [2.24, 2.45) is 0 Å². The van der Waals surface area contributed by atoms with Gasteiger partial charge in [-0.1, -0.05) is 25.5 Å². The maximum absolute atomic E-state index is 5.75. The minimum Gasteiger partial charge on any atom is -0.399 e. The van der Waals surface area contributed by atoms with Gasteiger partial charge in [-0.3, -0.25) is 0 Å². The summed E-state index contributed by atoms with van der Waals surface area (Å²) in [5.41, 5.74) is 11.3. The van der Waals surface area contributed by atoms with Crippen LogP contribution in [-0.4, -0.2) is 0 Å². The molecule has 94 valence electrons. The van der Waals surface area contributed by atoms with Gasteiger partial charge in [-0.25, -0.2) is 0 Å². The number of rotatable bonds is 4. The normalized spacial score (nSPS) is 10.3. The third-order valence-corrected chi connectivity index (χ3v) is 3.02. The minimum atomic E-state index is 0.802. The fourth-order valence-corrected chi connectivity index (χ4v) is 2.03. The molecule has 0 fully saturated rings. The predicted molar refractivity (Wildman–Crippen MR) is 79.3 cm³/mol. The van der Waals surface area contributed by atoms with Gasteiger partial charge in [-0.05, 0) is 54.8 Å². The molecule has 0 aliphatic heterocycles. The number of hydrogen-bond acceptors (Lipinski definition) is 2. The molecule has 0 radical (unpaired) electrons. The van der Waals surface area contributed by atoms with Gasteiger partial charge in [0.25, 0.3) is 0 Å². The summed E-state index contributed by atoms with van der Waals surface area (Å²) < 4.78 is 0. The smallest absolute Gasteiger partial charge is 0.0415 e. The zero-order chi connectivity index (χ0) is 13.0. The lowest BCUT2D eigenvalue weighted by Gasteiger charge is -2.10. The lowest BCUT2D eigenvalue weighted by molar-refractivity contribution is 0.922. The topological polar surface area (TPSA) is 38.0 Å². The first-order valence-corrected chi connectivity index (χ1v) is 6.41. The highest BCUT2D eigenvalue weighted by Crippen LogP contribution is 2.22. The summed E-state index contributed by atoms with van der Waals surface area (Å²) in [6.07, 6.45) is 2.32. The van der Waals surface area contributed by atoms with Crippen molar-refractivity contribution in [2.75, 3.05) is 11.1 Å². The molecule has 18 heavy (non-hydrogen) atoms. The molecule has 0 aromatic heterocycles. The molecule has 0 amide bonds. The van der Waals surface area contributed by atoms with Crippen LogP contribution >= 0.6 is 0 Å². The fraction of sp³-hybridized carbons (Fsp3) is 0.250. The molecule has 0 aliphatic rings. The van der Waals surface area contributed by atoms with E-state index in [2.05, 4.69) is 43.4 Å². The van der Waals surface area contributed by atoms with Crippen LogP contribution in [0.2, 0.25) is 0 Å². The molecule has 3 N–H and O–H groups in total. The van der Waals surface area contributed by atoms with Crippen molar-refractivity contribution in [3.63, 3.8) is 0 Å². The van der Waals surface area contributed by atoms with Crippen LogP contribution in [0.15, 0.2) is 42.5 Å². The van der Waals surface area contributed by atoms with Gasteiger partial charge in [-0.2, -0.15) is 0 Å². The van der Waals surface area contributed by atoms with E-state index in [4.69, 9.17) is 5.73 Å². The molecule has 0 saturated heterocycles. The van der Waals surface area contributed by atoms with Crippen LogP contribution in [0.5, 0.6) is 0 Å². The highest BCUT2D eigenvalue weighted by atomic mass is 14.9. The molecule has 0 saturated carbocycles. The van der Waals surface area contributed by atoms with Gasteiger partial charge in [0, 0.05) is 17.1 Å². The average Bonchev–Trinajstić information content (AvgIpc) is 2.35. The number of hydrogen-bond donors (Lipinski definition) is 2. The van der Waals surface area contributed by atoms with Crippen LogP contribution < -0.4 is 11.1 Å². The first-order valence-electron chi connectivity index (χ1n) is 6.41. The molecule has 0 spiro atoms. The molecular formula is C16H20N2. The quantitative estimate of drug-likeness (QED) is 0.783. The van der Waals surface area contributed by atoms with E-state index >= 15 is 0 Å². The Hall–Kier alpha value is -1.96. The molecule has 2 aromatic carbocycles. The SMILES string of the molecule is CCCc1ccc(Nc2ccc(N)cc2C)cc1. The molecule has 2 rings (SSSR count). The maximum Gasteiger partial charge on any atom is 0.0415 e. The number of benzene rings is 2. The third kappa shape index (κ3) is 3.04. The summed E-state index contributed by atoms with van der Waals surface area (Å²) in [5, 5.41) is 3.41. The van der Waals surface area contributed by atoms with E-state index in [9.17, 15) is 0 Å². The van der Waals surface area contributed by atoms with Crippen molar-refractivity contribution in [1.29, 1.82) is 0 Å². The second-order valence-electron chi connectivity index (χ2n) is 4.65. The van der Waals surface area contributed by atoms with Gasteiger partial charge < -0.3 is 11.1 Å². The van der Waals surface area contributed by atoms with Crippen molar-refractivity contribution >= 4 is 17.1 Å². The van der Waals surface area contributed by atoms with Crippen molar-refractivity contribution < 1.29 is 0 Å². The zero-order valence-electron chi connectivity index (χ0n) is 11.0. The summed E-state index contributed by atoms with van der Waals surface area (Å²) in [7, 11) is 0. The predicted octanol–water partition coefficient (Wildman–Crippen LogP) is 4.27. The Morgan fingerprint density at radius 3 is 2.39 bits per heavy atom. The molecular weight excluding hydrogens is 220 g/mol. The van der Waals surface area contributed by atoms with Gasteiger partial charge in [0.05, 0.1) is 0 Å². The lowest BCUT2D eigenvalue weighted by Crippen LogP contribution is -1.95.